The van der Waals surface area contributed by atoms with Crippen LogP contribution < -0.4 is 10.5 Å². The van der Waals surface area contributed by atoms with Crippen LogP contribution in [0.5, 0.6) is 0 Å². The summed E-state index contributed by atoms with van der Waals surface area (Å²) in [6, 6.07) is 3.68. The molecule has 0 atom stereocenters. The van der Waals surface area contributed by atoms with Gasteiger partial charge in [0.2, 0.25) is 0 Å². The lowest BCUT2D eigenvalue weighted by Gasteiger charge is -2.47. The Balaban J connectivity index is 0.000000989. The molecule has 166 valence electrons. The molecule has 2 fully saturated rings. The van der Waals surface area contributed by atoms with Crippen molar-refractivity contribution in [3.63, 3.8) is 0 Å². The number of hydrogen-bond donors (Lipinski definition) is 1. The minimum Gasteiger partial charge on any atom is -0.444 e. The maximum Gasteiger partial charge on any atom is 0.410 e. The molecule has 2 aliphatic heterocycles. The molecule has 1 amide bonds. The van der Waals surface area contributed by atoms with Gasteiger partial charge in [-0.25, -0.2) is 4.79 Å². The van der Waals surface area contributed by atoms with E-state index < -0.39 is 5.60 Å². The highest BCUT2D eigenvalue weighted by Gasteiger charge is 2.41. The smallest absolute Gasteiger partial charge is 0.410 e. The van der Waals surface area contributed by atoms with Crippen LogP contribution in [0.25, 0.3) is 0 Å². The summed E-state index contributed by atoms with van der Waals surface area (Å²) < 4.78 is 11.5. The van der Waals surface area contributed by atoms with Gasteiger partial charge in [0.25, 0.3) is 5.56 Å². The molecule has 2 saturated heterocycles. The van der Waals surface area contributed by atoms with E-state index >= 15 is 0 Å². The number of pyridine rings is 1. The van der Waals surface area contributed by atoms with Gasteiger partial charge in [-0.1, -0.05) is 27.7 Å². The highest BCUT2D eigenvalue weighted by molar-refractivity contribution is 5.68. The van der Waals surface area contributed by atoms with Crippen LogP contribution in [-0.2, 0) is 9.47 Å². The van der Waals surface area contributed by atoms with Gasteiger partial charge in [-0.2, -0.15) is 0 Å². The van der Waals surface area contributed by atoms with E-state index in [0.717, 1.165) is 12.8 Å². The second-order valence-electron chi connectivity index (χ2n) is 7.80. The lowest BCUT2D eigenvalue weighted by atomic mass is 9.89. The van der Waals surface area contributed by atoms with Gasteiger partial charge in [-0.05, 0) is 45.7 Å². The Morgan fingerprint density at radius 2 is 1.76 bits per heavy atom. The fraction of sp³-hybridized carbons (Fsp3) is 0.727. The normalized spacial score (nSPS) is 18.2. The molecular weight excluding hydrogens is 370 g/mol. The van der Waals surface area contributed by atoms with Crippen LogP contribution in [0.3, 0.4) is 0 Å². The predicted octanol–water partition coefficient (Wildman–Crippen LogP) is 4.03. The van der Waals surface area contributed by atoms with E-state index in [1.54, 1.807) is 11.1 Å². The van der Waals surface area contributed by atoms with Gasteiger partial charge < -0.3 is 24.3 Å². The van der Waals surface area contributed by atoms with Crippen LogP contribution in [0, 0.1) is 0 Å². The summed E-state index contributed by atoms with van der Waals surface area (Å²) in [4.78, 5) is 30.8. The van der Waals surface area contributed by atoms with Crippen molar-refractivity contribution in [1.29, 1.82) is 0 Å². The Bertz CT molecular complexity index is 673. The van der Waals surface area contributed by atoms with Crippen LogP contribution in [-0.4, -0.2) is 60.0 Å². The number of aromatic amines is 1. The summed E-state index contributed by atoms with van der Waals surface area (Å²) in [7, 11) is 0. The molecule has 1 spiro atoms. The molecule has 29 heavy (non-hydrogen) atoms. The predicted molar refractivity (Wildman–Crippen MR) is 118 cm³/mol. The number of amides is 1. The first-order valence-corrected chi connectivity index (χ1v) is 10.8. The van der Waals surface area contributed by atoms with Crippen molar-refractivity contribution in [2.24, 2.45) is 0 Å². The molecule has 0 radical (unpaired) electrons. The zero-order chi connectivity index (χ0) is 22.1. The lowest BCUT2D eigenvalue weighted by molar-refractivity contribution is -0.0912. The minimum absolute atomic E-state index is 0.0780. The van der Waals surface area contributed by atoms with E-state index in [2.05, 4.69) is 9.88 Å². The van der Waals surface area contributed by atoms with Gasteiger partial charge in [-0.15, -0.1) is 0 Å². The van der Waals surface area contributed by atoms with Gasteiger partial charge in [0.1, 0.15) is 11.3 Å². The van der Waals surface area contributed by atoms with Crippen LogP contribution in [0.4, 0.5) is 10.5 Å². The number of likely N-dealkylation sites (tertiary alicyclic amines) is 1. The first kappa shape index (κ1) is 25.0. The number of anilines is 1. The summed E-state index contributed by atoms with van der Waals surface area (Å²) in [6.45, 7) is 16.8. The molecule has 0 aromatic carbocycles. The molecule has 1 aromatic heterocycles. The Hall–Kier alpha value is -2.02. The van der Waals surface area contributed by atoms with Gasteiger partial charge in [0.15, 0.2) is 0 Å². The number of nitrogens with one attached hydrogen (secondary N) is 1. The quantitative estimate of drug-likeness (QED) is 0.758. The third kappa shape index (κ3) is 7.07. The number of ether oxygens (including phenoxy) is 2. The van der Waals surface area contributed by atoms with Crippen molar-refractivity contribution in [3.05, 3.63) is 28.7 Å². The summed E-state index contributed by atoms with van der Waals surface area (Å²) in [5.74, 6) is 0. The number of rotatable bonds is 1. The molecule has 0 saturated carbocycles. The second kappa shape index (κ2) is 11.2. The number of aromatic nitrogens is 1. The van der Waals surface area contributed by atoms with Crippen LogP contribution in [0.15, 0.2) is 23.1 Å². The Morgan fingerprint density at radius 3 is 2.31 bits per heavy atom. The molecule has 0 bridgehead atoms. The molecule has 1 aromatic rings. The van der Waals surface area contributed by atoms with Gasteiger partial charge in [0.05, 0.1) is 12.2 Å². The zero-order valence-corrected chi connectivity index (χ0v) is 19.2. The molecule has 0 aliphatic carbocycles. The Labute approximate surface area is 175 Å². The number of carbonyl (C=O) groups excluding carboxylic acids is 1. The average Bonchev–Trinajstić information content (AvgIpc) is 2.71. The molecule has 3 rings (SSSR count). The van der Waals surface area contributed by atoms with Crippen molar-refractivity contribution in [3.8, 4) is 0 Å². The first-order chi connectivity index (χ1) is 13.8. The van der Waals surface area contributed by atoms with Crippen molar-refractivity contribution in [1.82, 2.24) is 9.88 Å². The largest absolute Gasteiger partial charge is 0.444 e. The van der Waals surface area contributed by atoms with E-state index in [9.17, 15) is 9.59 Å². The van der Waals surface area contributed by atoms with Gasteiger partial charge in [0, 0.05) is 32.4 Å². The summed E-state index contributed by atoms with van der Waals surface area (Å²) in [5.41, 5.74) is -0.192. The van der Waals surface area contributed by atoms with E-state index in [1.807, 2.05) is 60.6 Å². The Morgan fingerprint density at radius 1 is 1.14 bits per heavy atom. The molecule has 0 unspecified atom stereocenters. The third-order valence-electron chi connectivity index (χ3n) is 4.71. The molecule has 7 nitrogen and oxygen atoms in total. The van der Waals surface area contributed by atoms with Crippen LogP contribution >= 0.6 is 0 Å². The molecule has 1 N–H and O–H groups in total. The van der Waals surface area contributed by atoms with E-state index in [4.69, 9.17) is 9.47 Å². The first-order valence-electron chi connectivity index (χ1n) is 10.8. The summed E-state index contributed by atoms with van der Waals surface area (Å²) >= 11 is 0. The second-order valence-corrected chi connectivity index (χ2v) is 7.80. The van der Waals surface area contributed by atoms with Crippen molar-refractivity contribution >= 4 is 11.8 Å². The third-order valence-corrected chi connectivity index (χ3v) is 4.71. The highest BCUT2D eigenvalue weighted by atomic mass is 16.6. The number of carbonyl (C=O) groups is 1. The number of H-pyrrole nitrogens is 1. The van der Waals surface area contributed by atoms with Gasteiger partial charge >= 0.3 is 6.09 Å². The summed E-state index contributed by atoms with van der Waals surface area (Å²) in [6.07, 6.45) is 2.86. The fourth-order valence-corrected chi connectivity index (χ4v) is 3.44. The number of piperidine rings is 1. The highest BCUT2D eigenvalue weighted by Crippen LogP contribution is 2.32. The van der Waals surface area contributed by atoms with E-state index in [1.165, 1.54) is 0 Å². The number of hydrogen-bond acceptors (Lipinski definition) is 5. The van der Waals surface area contributed by atoms with E-state index in [0.29, 0.717) is 38.5 Å². The monoisotopic (exact) mass is 409 g/mol. The van der Waals surface area contributed by atoms with Crippen LogP contribution in [0.2, 0.25) is 0 Å². The van der Waals surface area contributed by atoms with Crippen molar-refractivity contribution < 1.29 is 14.3 Å². The van der Waals surface area contributed by atoms with Crippen molar-refractivity contribution in [2.45, 2.75) is 72.5 Å². The Kier molecular flexibility index (Phi) is 9.70. The molecule has 7 heteroatoms. The zero-order valence-electron chi connectivity index (χ0n) is 19.2. The SMILES string of the molecule is CC.CC.CC(C)(C)OC(=O)N1CCC2(CC1)CN(c1ccc[nH]c1=O)CCO2. The number of morpholine rings is 1. The fourth-order valence-electron chi connectivity index (χ4n) is 3.44. The summed E-state index contributed by atoms with van der Waals surface area (Å²) in [5, 5.41) is 0. The standard InChI is InChI=1S/C18H27N3O4.2C2H6/c1-17(2,3)25-16(23)20-9-6-18(7-10-20)13-21(11-12-24-18)14-5-4-8-19-15(14)22;2*1-2/h4-5,8H,6-7,9-13H2,1-3H3,(H,19,22);2*1-2H3. The molecular formula is C22H39N3O4. The number of nitrogens with zero attached hydrogens (tertiary/aromatic N) is 2. The molecule has 2 aliphatic rings. The maximum absolute atomic E-state index is 12.2. The molecule has 3 heterocycles. The maximum atomic E-state index is 12.2. The average molecular weight is 410 g/mol. The lowest BCUT2D eigenvalue weighted by Crippen LogP contribution is -2.58. The van der Waals surface area contributed by atoms with Crippen molar-refractivity contribution in [2.75, 3.05) is 37.7 Å². The van der Waals surface area contributed by atoms with Crippen LogP contribution in [0.1, 0.15) is 61.3 Å². The van der Waals surface area contributed by atoms with Gasteiger partial charge in [-0.3, -0.25) is 4.79 Å². The minimum atomic E-state index is -0.487. The van der Waals surface area contributed by atoms with E-state index in [-0.39, 0.29) is 17.3 Å². The topological polar surface area (TPSA) is 74.9 Å².